The number of hydrogen-bond acceptors (Lipinski definition) is 3. The van der Waals surface area contributed by atoms with Crippen LogP contribution < -0.4 is 14.8 Å². The third-order valence-electron chi connectivity index (χ3n) is 4.51. The SMILES string of the molecule is O=C(COc1ccc(OCc2ccccc2)cc1)Nc1cccc2ccccc12. The molecule has 1 N–H and O–H groups in total. The molecule has 0 heterocycles. The first-order valence-electron chi connectivity index (χ1n) is 9.45. The van der Waals surface area contributed by atoms with Gasteiger partial charge in [0.1, 0.15) is 18.1 Å². The molecule has 0 unspecified atom stereocenters. The summed E-state index contributed by atoms with van der Waals surface area (Å²) in [4.78, 5) is 12.3. The van der Waals surface area contributed by atoms with Gasteiger partial charge < -0.3 is 14.8 Å². The van der Waals surface area contributed by atoms with Gasteiger partial charge in [-0.1, -0.05) is 66.7 Å². The van der Waals surface area contributed by atoms with Crippen molar-refractivity contribution in [3.05, 3.63) is 103 Å². The van der Waals surface area contributed by atoms with Crippen LogP contribution in [0.4, 0.5) is 5.69 Å². The third-order valence-corrected chi connectivity index (χ3v) is 4.51. The van der Waals surface area contributed by atoms with Gasteiger partial charge >= 0.3 is 0 Å². The van der Waals surface area contributed by atoms with Crippen molar-refractivity contribution in [2.75, 3.05) is 11.9 Å². The number of carbonyl (C=O) groups is 1. The van der Waals surface area contributed by atoms with Gasteiger partial charge in [-0.15, -0.1) is 0 Å². The van der Waals surface area contributed by atoms with E-state index in [1.165, 1.54) is 0 Å². The lowest BCUT2D eigenvalue weighted by molar-refractivity contribution is -0.118. The highest BCUT2D eigenvalue weighted by atomic mass is 16.5. The van der Waals surface area contributed by atoms with Crippen molar-refractivity contribution in [3.8, 4) is 11.5 Å². The van der Waals surface area contributed by atoms with E-state index in [1.807, 2.05) is 84.9 Å². The maximum Gasteiger partial charge on any atom is 0.262 e. The minimum atomic E-state index is -0.203. The monoisotopic (exact) mass is 383 g/mol. The van der Waals surface area contributed by atoms with E-state index in [2.05, 4.69) is 5.32 Å². The van der Waals surface area contributed by atoms with Crippen molar-refractivity contribution < 1.29 is 14.3 Å². The Morgan fingerprint density at radius 1 is 0.690 bits per heavy atom. The molecular weight excluding hydrogens is 362 g/mol. The molecule has 0 saturated carbocycles. The third kappa shape index (κ3) is 4.93. The Balaban J connectivity index is 1.30. The summed E-state index contributed by atoms with van der Waals surface area (Å²) < 4.78 is 11.4. The molecule has 4 aromatic rings. The van der Waals surface area contributed by atoms with Gasteiger partial charge in [0.15, 0.2) is 6.61 Å². The highest BCUT2D eigenvalue weighted by Crippen LogP contribution is 2.23. The second kappa shape index (κ2) is 8.93. The molecule has 0 fully saturated rings. The molecule has 0 saturated heterocycles. The summed E-state index contributed by atoms with van der Waals surface area (Å²) in [5, 5.41) is 5.00. The lowest BCUT2D eigenvalue weighted by Crippen LogP contribution is -2.20. The quantitative estimate of drug-likeness (QED) is 0.462. The van der Waals surface area contributed by atoms with Crippen LogP contribution in [0.3, 0.4) is 0 Å². The number of rotatable bonds is 7. The largest absolute Gasteiger partial charge is 0.489 e. The van der Waals surface area contributed by atoms with Crippen molar-refractivity contribution in [3.63, 3.8) is 0 Å². The molecular formula is C25H21NO3. The van der Waals surface area contributed by atoms with Crippen LogP contribution in [-0.4, -0.2) is 12.5 Å². The van der Waals surface area contributed by atoms with Gasteiger partial charge in [-0.3, -0.25) is 4.79 Å². The highest BCUT2D eigenvalue weighted by Gasteiger charge is 2.07. The summed E-state index contributed by atoms with van der Waals surface area (Å²) in [5.41, 5.74) is 1.89. The van der Waals surface area contributed by atoms with Crippen molar-refractivity contribution >= 4 is 22.4 Å². The van der Waals surface area contributed by atoms with Crippen molar-refractivity contribution in [1.82, 2.24) is 0 Å². The fourth-order valence-electron chi connectivity index (χ4n) is 3.04. The number of benzene rings is 4. The number of nitrogens with one attached hydrogen (secondary N) is 1. The molecule has 144 valence electrons. The predicted octanol–water partition coefficient (Wildman–Crippen LogP) is 5.44. The van der Waals surface area contributed by atoms with Crippen molar-refractivity contribution in [2.45, 2.75) is 6.61 Å². The van der Waals surface area contributed by atoms with Crippen LogP contribution in [0, 0.1) is 0 Å². The Hall–Kier alpha value is -3.79. The van der Waals surface area contributed by atoms with E-state index in [9.17, 15) is 4.79 Å². The maximum absolute atomic E-state index is 12.3. The standard InChI is InChI=1S/C25H21NO3/c27-25(26-24-12-6-10-20-9-4-5-11-23(20)24)18-29-22-15-13-21(14-16-22)28-17-19-7-2-1-3-8-19/h1-16H,17-18H2,(H,26,27). The van der Waals surface area contributed by atoms with Crippen molar-refractivity contribution in [1.29, 1.82) is 0 Å². The maximum atomic E-state index is 12.3. The van der Waals surface area contributed by atoms with Gasteiger partial charge in [0, 0.05) is 11.1 Å². The molecule has 1 amide bonds. The Morgan fingerprint density at radius 3 is 2.14 bits per heavy atom. The predicted molar refractivity (Wildman–Crippen MR) is 115 cm³/mol. The van der Waals surface area contributed by atoms with Crippen LogP contribution in [0.2, 0.25) is 0 Å². The zero-order chi connectivity index (χ0) is 19.9. The first-order chi connectivity index (χ1) is 14.3. The van der Waals surface area contributed by atoms with Crippen LogP contribution >= 0.6 is 0 Å². The lowest BCUT2D eigenvalue weighted by Gasteiger charge is -2.11. The molecule has 0 aliphatic carbocycles. The number of anilines is 1. The van der Waals surface area contributed by atoms with Crippen molar-refractivity contribution in [2.24, 2.45) is 0 Å². The summed E-state index contributed by atoms with van der Waals surface area (Å²) >= 11 is 0. The Morgan fingerprint density at radius 2 is 1.34 bits per heavy atom. The molecule has 29 heavy (non-hydrogen) atoms. The molecule has 0 bridgehead atoms. The molecule has 4 heteroatoms. The smallest absolute Gasteiger partial charge is 0.262 e. The van der Waals surface area contributed by atoms with Gasteiger partial charge in [-0.05, 0) is 41.3 Å². The first-order valence-corrected chi connectivity index (χ1v) is 9.45. The van der Waals surface area contributed by atoms with E-state index in [0.29, 0.717) is 12.4 Å². The highest BCUT2D eigenvalue weighted by molar-refractivity contribution is 6.02. The number of hydrogen-bond donors (Lipinski definition) is 1. The molecule has 4 nitrogen and oxygen atoms in total. The molecule has 0 spiro atoms. The van der Waals surface area contributed by atoms with Gasteiger partial charge in [0.2, 0.25) is 0 Å². The fraction of sp³-hybridized carbons (Fsp3) is 0.0800. The summed E-state index contributed by atoms with van der Waals surface area (Å²) in [6.07, 6.45) is 0. The van der Waals surface area contributed by atoms with E-state index < -0.39 is 0 Å². The van der Waals surface area contributed by atoms with Crippen LogP contribution in [0.5, 0.6) is 11.5 Å². The second-order valence-corrected chi connectivity index (χ2v) is 6.61. The average Bonchev–Trinajstić information content (AvgIpc) is 2.78. The van der Waals surface area contributed by atoms with E-state index in [4.69, 9.17) is 9.47 Å². The summed E-state index contributed by atoms with van der Waals surface area (Å²) in [6, 6.07) is 31.0. The van der Waals surface area contributed by atoms with Gasteiger partial charge in [-0.25, -0.2) is 0 Å². The van der Waals surface area contributed by atoms with Crippen LogP contribution in [0.15, 0.2) is 97.1 Å². The zero-order valence-corrected chi connectivity index (χ0v) is 15.9. The van der Waals surface area contributed by atoms with Gasteiger partial charge in [0.25, 0.3) is 5.91 Å². The fourth-order valence-corrected chi connectivity index (χ4v) is 3.04. The summed E-state index contributed by atoms with van der Waals surface area (Å²) in [7, 11) is 0. The normalized spacial score (nSPS) is 10.5. The molecule has 0 aromatic heterocycles. The molecule has 0 aliphatic heterocycles. The van der Waals surface area contributed by atoms with Crippen LogP contribution in [-0.2, 0) is 11.4 Å². The second-order valence-electron chi connectivity index (χ2n) is 6.61. The topological polar surface area (TPSA) is 47.6 Å². The number of ether oxygens (including phenoxy) is 2. The minimum Gasteiger partial charge on any atom is -0.489 e. The number of amides is 1. The lowest BCUT2D eigenvalue weighted by atomic mass is 10.1. The van der Waals surface area contributed by atoms with Crippen LogP contribution in [0.1, 0.15) is 5.56 Å². The number of fused-ring (bicyclic) bond motifs is 1. The molecule has 0 atom stereocenters. The van der Waals surface area contributed by atoms with Gasteiger partial charge in [0.05, 0.1) is 0 Å². The van der Waals surface area contributed by atoms with E-state index in [1.54, 1.807) is 12.1 Å². The Labute approximate surface area is 169 Å². The minimum absolute atomic E-state index is 0.0621. The molecule has 4 rings (SSSR count). The van der Waals surface area contributed by atoms with E-state index in [-0.39, 0.29) is 12.5 Å². The molecule has 4 aromatic carbocycles. The molecule has 0 aliphatic rings. The van der Waals surface area contributed by atoms with Gasteiger partial charge in [-0.2, -0.15) is 0 Å². The molecule has 0 radical (unpaired) electrons. The zero-order valence-electron chi connectivity index (χ0n) is 15.9. The van der Waals surface area contributed by atoms with Crippen LogP contribution in [0.25, 0.3) is 10.8 Å². The van der Waals surface area contributed by atoms with E-state index >= 15 is 0 Å². The van der Waals surface area contributed by atoms with E-state index in [0.717, 1.165) is 27.8 Å². The Bertz CT molecular complexity index is 1090. The first kappa shape index (κ1) is 18.6. The Kier molecular flexibility index (Phi) is 5.72. The average molecular weight is 383 g/mol. The summed E-state index contributed by atoms with van der Waals surface area (Å²) in [6.45, 7) is 0.446. The number of carbonyl (C=O) groups excluding carboxylic acids is 1. The summed E-state index contributed by atoms with van der Waals surface area (Å²) in [5.74, 6) is 1.16.